The lowest BCUT2D eigenvalue weighted by Gasteiger charge is -2.34. The SMILES string of the molecule is CC(C)(C)N(Cc1nc(-c2ccccc2)no1)C(=O)c1ccc(Cl)cc1. The predicted octanol–water partition coefficient (Wildman–Crippen LogP) is 4.83. The van der Waals surface area contributed by atoms with Crippen molar-refractivity contribution in [1.29, 1.82) is 0 Å². The molecule has 6 heteroatoms. The maximum Gasteiger partial charge on any atom is 0.254 e. The number of hydrogen-bond donors (Lipinski definition) is 0. The zero-order valence-electron chi connectivity index (χ0n) is 14.9. The third-order valence-electron chi connectivity index (χ3n) is 3.94. The van der Waals surface area contributed by atoms with Crippen LogP contribution in [0.5, 0.6) is 0 Å². The molecule has 0 fully saturated rings. The van der Waals surface area contributed by atoms with Crippen molar-refractivity contribution in [3.05, 3.63) is 71.1 Å². The molecule has 0 unspecified atom stereocenters. The van der Waals surface area contributed by atoms with Crippen LogP contribution in [0.2, 0.25) is 5.02 Å². The summed E-state index contributed by atoms with van der Waals surface area (Å²) in [7, 11) is 0. The number of benzene rings is 2. The van der Waals surface area contributed by atoms with Gasteiger partial charge in [0.1, 0.15) is 6.54 Å². The second kappa shape index (κ2) is 7.30. The Morgan fingerprint density at radius 2 is 1.73 bits per heavy atom. The molecule has 3 rings (SSSR count). The van der Waals surface area contributed by atoms with Crippen LogP contribution in [0.3, 0.4) is 0 Å². The minimum Gasteiger partial charge on any atom is -0.337 e. The molecule has 26 heavy (non-hydrogen) atoms. The van der Waals surface area contributed by atoms with E-state index >= 15 is 0 Å². The molecule has 0 aliphatic rings. The fourth-order valence-electron chi connectivity index (χ4n) is 2.52. The van der Waals surface area contributed by atoms with E-state index in [0.29, 0.717) is 22.3 Å². The maximum atomic E-state index is 13.0. The maximum absolute atomic E-state index is 13.0. The molecule has 134 valence electrons. The van der Waals surface area contributed by atoms with E-state index < -0.39 is 5.54 Å². The van der Waals surface area contributed by atoms with Crippen LogP contribution in [0.1, 0.15) is 37.0 Å². The number of amides is 1. The lowest BCUT2D eigenvalue weighted by atomic mass is 10.0. The Hall–Kier alpha value is -2.66. The second-order valence-corrected chi connectivity index (χ2v) is 7.38. The summed E-state index contributed by atoms with van der Waals surface area (Å²) in [5, 5.41) is 4.61. The number of nitrogens with zero attached hydrogens (tertiary/aromatic N) is 3. The molecule has 0 bridgehead atoms. The largest absolute Gasteiger partial charge is 0.337 e. The van der Waals surface area contributed by atoms with Gasteiger partial charge in [0.25, 0.3) is 5.91 Å². The van der Waals surface area contributed by atoms with Crippen molar-refractivity contribution in [2.45, 2.75) is 32.9 Å². The highest BCUT2D eigenvalue weighted by atomic mass is 35.5. The minimum absolute atomic E-state index is 0.117. The van der Waals surface area contributed by atoms with Gasteiger partial charge in [0.2, 0.25) is 11.7 Å². The van der Waals surface area contributed by atoms with Crippen LogP contribution in [0, 0.1) is 0 Å². The van der Waals surface area contributed by atoms with Crippen LogP contribution in [0.4, 0.5) is 0 Å². The summed E-state index contributed by atoms with van der Waals surface area (Å²) in [4.78, 5) is 19.1. The van der Waals surface area contributed by atoms with Gasteiger partial charge in [-0.25, -0.2) is 0 Å². The molecule has 1 aromatic heterocycles. The molecule has 0 saturated heterocycles. The van der Waals surface area contributed by atoms with Gasteiger partial charge in [-0.3, -0.25) is 4.79 Å². The summed E-state index contributed by atoms with van der Waals surface area (Å²) in [5.41, 5.74) is 1.01. The number of rotatable bonds is 4. The van der Waals surface area contributed by atoms with Crippen molar-refractivity contribution in [2.75, 3.05) is 0 Å². The van der Waals surface area contributed by atoms with E-state index in [-0.39, 0.29) is 12.5 Å². The fraction of sp³-hybridized carbons (Fsp3) is 0.250. The third kappa shape index (κ3) is 4.11. The van der Waals surface area contributed by atoms with E-state index in [0.717, 1.165) is 5.56 Å². The Bertz CT molecular complexity index is 883. The molecule has 0 N–H and O–H groups in total. The van der Waals surface area contributed by atoms with E-state index in [1.54, 1.807) is 29.2 Å². The summed E-state index contributed by atoms with van der Waals surface area (Å²) in [5.74, 6) is 0.781. The molecule has 0 saturated carbocycles. The fourth-order valence-corrected chi connectivity index (χ4v) is 2.65. The predicted molar refractivity (Wildman–Crippen MR) is 101 cm³/mol. The van der Waals surface area contributed by atoms with Crippen molar-refractivity contribution in [2.24, 2.45) is 0 Å². The summed E-state index contributed by atoms with van der Waals surface area (Å²) in [6, 6.07) is 16.4. The van der Waals surface area contributed by atoms with Crippen molar-refractivity contribution in [3.8, 4) is 11.4 Å². The van der Waals surface area contributed by atoms with Gasteiger partial charge >= 0.3 is 0 Å². The summed E-state index contributed by atoms with van der Waals surface area (Å²) in [6.07, 6.45) is 0. The van der Waals surface area contributed by atoms with Crippen molar-refractivity contribution in [3.63, 3.8) is 0 Å². The van der Waals surface area contributed by atoms with Crippen LogP contribution >= 0.6 is 11.6 Å². The zero-order valence-corrected chi connectivity index (χ0v) is 15.7. The Kier molecular flexibility index (Phi) is 5.09. The molecule has 1 amide bonds. The standard InChI is InChI=1S/C20H20ClN3O2/c1-20(2,3)24(19(25)15-9-11-16(21)12-10-15)13-17-22-18(23-26-17)14-7-5-4-6-8-14/h4-12H,13H2,1-3H3. The van der Waals surface area contributed by atoms with Gasteiger partial charge in [-0.2, -0.15) is 4.98 Å². The van der Waals surface area contributed by atoms with Gasteiger partial charge in [0.05, 0.1) is 0 Å². The number of carbonyl (C=O) groups excluding carboxylic acids is 1. The molecule has 0 radical (unpaired) electrons. The normalized spacial score (nSPS) is 11.4. The van der Waals surface area contributed by atoms with Gasteiger partial charge in [-0.05, 0) is 45.0 Å². The Morgan fingerprint density at radius 3 is 2.35 bits per heavy atom. The van der Waals surface area contributed by atoms with E-state index in [9.17, 15) is 4.79 Å². The van der Waals surface area contributed by atoms with E-state index in [4.69, 9.17) is 16.1 Å². The highest BCUT2D eigenvalue weighted by Gasteiger charge is 2.29. The van der Waals surface area contributed by atoms with Gasteiger partial charge in [0.15, 0.2) is 0 Å². The monoisotopic (exact) mass is 369 g/mol. The summed E-state index contributed by atoms with van der Waals surface area (Å²) >= 11 is 5.92. The first-order valence-electron chi connectivity index (χ1n) is 8.30. The van der Waals surface area contributed by atoms with Crippen molar-refractivity contribution >= 4 is 17.5 Å². The topological polar surface area (TPSA) is 59.2 Å². The molecule has 2 aromatic carbocycles. The molecule has 3 aromatic rings. The molecule has 5 nitrogen and oxygen atoms in total. The lowest BCUT2D eigenvalue weighted by Crippen LogP contribution is -2.45. The van der Waals surface area contributed by atoms with Crippen LogP contribution in [-0.4, -0.2) is 26.5 Å². The molecular weight excluding hydrogens is 350 g/mol. The first kappa shape index (κ1) is 18.1. The lowest BCUT2D eigenvalue weighted by molar-refractivity contribution is 0.0526. The Morgan fingerprint density at radius 1 is 1.08 bits per heavy atom. The number of carbonyl (C=O) groups is 1. The van der Waals surface area contributed by atoms with E-state index in [1.807, 2.05) is 51.1 Å². The highest BCUT2D eigenvalue weighted by molar-refractivity contribution is 6.30. The second-order valence-electron chi connectivity index (χ2n) is 6.95. The summed E-state index contributed by atoms with van der Waals surface area (Å²) < 4.78 is 5.37. The first-order valence-corrected chi connectivity index (χ1v) is 8.68. The van der Waals surface area contributed by atoms with Crippen LogP contribution in [0.25, 0.3) is 11.4 Å². The molecule has 1 heterocycles. The Labute approximate surface area is 157 Å². The zero-order chi connectivity index (χ0) is 18.7. The molecular formula is C20H20ClN3O2. The quantitative estimate of drug-likeness (QED) is 0.660. The Balaban J connectivity index is 1.85. The smallest absolute Gasteiger partial charge is 0.254 e. The number of aromatic nitrogens is 2. The van der Waals surface area contributed by atoms with Crippen molar-refractivity contribution < 1.29 is 9.32 Å². The van der Waals surface area contributed by atoms with Crippen molar-refractivity contribution in [1.82, 2.24) is 15.0 Å². The van der Waals surface area contributed by atoms with Gasteiger partial charge in [-0.15, -0.1) is 0 Å². The van der Waals surface area contributed by atoms with Gasteiger partial charge < -0.3 is 9.42 Å². The average molecular weight is 370 g/mol. The number of hydrogen-bond acceptors (Lipinski definition) is 4. The highest BCUT2D eigenvalue weighted by Crippen LogP contribution is 2.22. The molecule has 0 aliphatic heterocycles. The third-order valence-corrected chi connectivity index (χ3v) is 4.19. The average Bonchev–Trinajstić information content (AvgIpc) is 3.08. The van der Waals surface area contributed by atoms with E-state index in [1.165, 1.54) is 0 Å². The minimum atomic E-state index is -0.419. The summed E-state index contributed by atoms with van der Waals surface area (Å²) in [6.45, 7) is 6.13. The van der Waals surface area contributed by atoms with Crippen LogP contribution < -0.4 is 0 Å². The van der Waals surface area contributed by atoms with E-state index in [2.05, 4.69) is 10.1 Å². The number of halogens is 1. The van der Waals surface area contributed by atoms with Crippen LogP contribution in [-0.2, 0) is 6.54 Å². The first-order chi connectivity index (χ1) is 12.3. The van der Waals surface area contributed by atoms with Gasteiger partial charge in [-0.1, -0.05) is 47.1 Å². The van der Waals surface area contributed by atoms with Gasteiger partial charge in [0, 0.05) is 21.7 Å². The van der Waals surface area contributed by atoms with Crippen LogP contribution in [0.15, 0.2) is 59.1 Å². The molecule has 0 aliphatic carbocycles. The molecule has 0 atom stereocenters. The molecule has 0 spiro atoms.